The molecule has 0 aliphatic rings. The number of benzene rings is 1. The van der Waals surface area contributed by atoms with Gasteiger partial charge in [0.05, 0.1) is 12.2 Å². The Labute approximate surface area is 123 Å². The fourth-order valence-electron chi connectivity index (χ4n) is 1.82. The predicted octanol–water partition coefficient (Wildman–Crippen LogP) is 3.74. The second-order valence-electron chi connectivity index (χ2n) is 4.38. The van der Waals surface area contributed by atoms with Crippen LogP contribution >= 0.6 is 23.2 Å². The monoisotopic (exact) mass is 297 g/mol. The molecule has 1 heterocycles. The Morgan fingerprint density at radius 2 is 1.95 bits per heavy atom. The highest BCUT2D eigenvalue weighted by Crippen LogP contribution is 2.24. The maximum absolute atomic E-state index is 6.15. The second kappa shape index (κ2) is 6.94. The van der Waals surface area contributed by atoms with Crippen molar-refractivity contribution in [1.82, 2.24) is 15.1 Å². The van der Waals surface area contributed by atoms with Crippen molar-refractivity contribution in [2.24, 2.45) is 0 Å². The first-order valence-electron chi connectivity index (χ1n) is 6.36. The third-order valence-electron chi connectivity index (χ3n) is 2.81. The minimum atomic E-state index is 0.590. The first-order chi connectivity index (χ1) is 9.20. The Hall–Kier alpha value is -1.03. The molecule has 0 saturated heterocycles. The van der Waals surface area contributed by atoms with E-state index in [0.717, 1.165) is 30.8 Å². The summed E-state index contributed by atoms with van der Waals surface area (Å²) in [6.45, 7) is 4.53. The van der Waals surface area contributed by atoms with Gasteiger partial charge in [-0.15, -0.1) is 0 Å². The molecule has 0 atom stereocenters. The molecule has 2 rings (SSSR count). The van der Waals surface area contributed by atoms with Crippen molar-refractivity contribution >= 4 is 23.2 Å². The molecule has 0 aliphatic carbocycles. The van der Waals surface area contributed by atoms with Gasteiger partial charge in [0.1, 0.15) is 0 Å². The molecule has 0 aliphatic heterocycles. The van der Waals surface area contributed by atoms with Gasteiger partial charge in [0.2, 0.25) is 0 Å². The van der Waals surface area contributed by atoms with Crippen LogP contribution in [0.1, 0.15) is 24.6 Å². The van der Waals surface area contributed by atoms with Crippen molar-refractivity contribution in [3.63, 3.8) is 0 Å². The fraction of sp³-hybridized carbons (Fsp3) is 0.357. The van der Waals surface area contributed by atoms with Gasteiger partial charge in [-0.1, -0.05) is 36.2 Å². The molecule has 2 aromatic rings. The van der Waals surface area contributed by atoms with E-state index in [0.29, 0.717) is 16.6 Å². The van der Waals surface area contributed by atoms with E-state index in [1.165, 1.54) is 0 Å². The van der Waals surface area contributed by atoms with Gasteiger partial charge in [-0.3, -0.25) is 4.68 Å². The first kappa shape index (κ1) is 14.4. The third kappa shape index (κ3) is 3.96. The summed E-state index contributed by atoms with van der Waals surface area (Å²) in [6.07, 6.45) is 3.07. The molecule has 19 heavy (non-hydrogen) atoms. The number of rotatable bonds is 6. The van der Waals surface area contributed by atoms with E-state index in [1.54, 1.807) is 0 Å². The third-order valence-corrected chi connectivity index (χ3v) is 3.52. The number of aromatic nitrogens is 2. The molecule has 1 aromatic heterocycles. The summed E-state index contributed by atoms with van der Waals surface area (Å²) in [5.41, 5.74) is 1.93. The van der Waals surface area contributed by atoms with Crippen LogP contribution in [0.5, 0.6) is 0 Å². The minimum Gasteiger partial charge on any atom is -0.311 e. The van der Waals surface area contributed by atoms with E-state index in [1.807, 2.05) is 35.1 Å². The Morgan fingerprint density at radius 1 is 1.21 bits per heavy atom. The number of nitrogens with one attached hydrogen (secondary N) is 1. The molecule has 0 fully saturated rings. The van der Waals surface area contributed by atoms with Crippen LogP contribution < -0.4 is 5.32 Å². The van der Waals surface area contributed by atoms with Gasteiger partial charge in [0.25, 0.3) is 0 Å². The van der Waals surface area contributed by atoms with Crippen molar-refractivity contribution in [3.05, 3.63) is 51.8 Å². The minimum absolute atomic E-state index is 0.590. The Morgan fingerprint density at radius 3 is 2.63 bits per heavy atom. The Bertz CT molecular complexity index is 517. The molecule has 1 N–H and O–H groups in total. The van der Waals surface area contributed by atoms with E-state index in [2.05, 4.69) is 17.3 Å². The quantitative estimate of drug-likeness (QED) is 0.823. The van der Waals surface area contributed by atoms with Crippen LogP contribution in [0, 0.1) is 0 Å². The van der Waals surface area contributed by atoms with Crippen LogP contribution in [0.15, 0.2) is 30.5 Å². The summed E-state index contributed by atoms with van der Waals surface area (Å²) in [6, 6.07) is 7.54. The summed E-state index contributed by atoms with van der Waals surface area (Å²) in [7, 11) is 0. The zero-order valence-electron chi connectivity index (χ0n) is 10.9. The Balaban J connectivity index is 2.03. The number of hydrogen-bond donors (Lipinski definition) is 1. The summed E-state index contributed by atoms with van der Waals surface area (Å²) >= 11 is 12.3. The van der Waals surface area contributed by atoms with E-state index < -0.39 is 0 Å². The highest BCUT2D eigenvalue weighted by Gasteiger charge is 2.07. The van der Waals surface area contributed by atoms with Gasteiger partial charge in [0, 0.05) is 28.4 Å². The van der Waals surface area contributed by atoms with Crippen molar-refractivity contribution in [3.8, 4) is 0 Å². The zero-order chi connectivity index (χ0) is 13.7. The van der Waals surface area contributed by atoms with Crippen LogP contribution in [-0.2, 0) is 13.1 Å². The van der Waals surface area contributed by atoms with E-state index in [9.17, 15) is 0 Å². The summed E-state index contributed by atoms with van der Waals surface area (Å²) < 4.78 is 1.86. The average Bonchev–Trinajstić information content (AvgIpc) is 2.82. The highest BCUT2D eigenvalue weighted by atomic mass is 35.5. The predicted molar refractivity (Wildman–Crippen MR) is 79.8 cm³/mol. The first-order valence-corrected chi connectivity index (χ1v) is 7.12. The molecule has 0 bridgehead atoms. The second-order valence-corrected chi connectivity index (χ2v) is 5.20. The van der Waals surface area contributed by atoms with Gasteiger partial charge >= 0.3 is 0 Å². The summed E-state index contributed by atoms with van der Waals surface area (Å²) in [5, 5.41) is 9.17. The van der Waals surface area contributed by atoms with Gasteiger partial charge in [-0.2, -0.15) is 5.10 Å². The van der Waals surface area contributed by atoms with Crippen molar-refractivity contribution < 1.29 is 0 Å². The van der Waals surface area contributed by atoms with Gasteiger partial charge in [-0.05, 0) is 31.2 Å². The van der Waals surface area contributed by atoms with Crippen molar-refractivity contribution in [2.45, 2.75) is 26.4 Å². The lowest BCUT2D eigenvalue weighted by atomic mass is 10.2. The lowest BCUT2D eigenvalue weighted by molar-refractivity contribution is 0.628. The molecule has 5 heteroatoms. The molecule has 102 valence electrons. The van der Waals surface area contributed by atoms with Crippen LogP contribution in [0.25, 0.3) is 0 Å². The normalized spacial score (nSPS) is 10.9. The number of nitrogens with zero attached hydrogens (tertiary/aromatic N) is 2. The molecule has 0 amide bonds. The molecule has 3 nitrogen and oxygen atoms in total. The van der Waals surface area contributed by atoms with Gasteiger partial charge in [-0.25, -0.2) is 0 Å². The smallest absolute Gasteiger partial charge is 0.0762 e. The highest BCUT2D eigenvalue weighted by molar-refractivity contribution is 6.35. The lowest BCUT2D eigenvalue weighted by Crippen LogP contribution is -2.14. The molecule has 0 radical (unpaired) electrons. The van der Waals surface area contributed by atoms with E-state index in [-0.39, 0.29) is 0 Å². The fourth-order valence-corrected chi connectivity index (χ4v) is 2.34. The largest absolute Gasteiger partial charge is 0.311 e. The van der Waals surface area contributed by atoms with Crippen LogP contribution in [-0.4, -0.2) is 16.3 Å². The average molecular weight is 298 g/mol. The SMILES string of the molecule is CCCNCc1ccn(Cc2c(Cl)cccc2Cl)n1. The molecular weight excluding hydrogens is 281 g/mol. The van der Waals surface area contributed by atoms with E-state index >= 15 is 0 Å². The van der Waals surface area contributed by atoms with Crippen LogP contribution in [0.2, 0.25) is 10.0 Å². The molecule has 0 spiro atoms. The standard InChI is InChI=1S/C14H17Cl2N3/c1-2-7-17-9-11-6-8-19(18-11)10-12-13(15)4-3-5-14(12)16/h3-6,8,17H,2,7,9-10H2,1H3. The Kier molecular flexibility index (Phi) is 5.25. The number of halogens is 2. The molecule has 0 saturated carbocycles. The number of hydrogen-bond acceptors (Lipinski definition) is 2. The van der Waals surface area contributed by atoms with E-state index in [4.69, 9.17) is 23.2 Å². The summed E-state index contributed by atoms with van der Waals surface area (Å²) in [5.74, 6) is 0. The molecule has 1 aromatic carbocycles. The topological polar surface area (TPSA) is 29.9 Å². The summed E-state index contributed by atoms with van der Waals surface area (Å²) in [4.78, 5) is 0. The lowest BCUT2D eigenvalue weighted by Gasteiger charge is -2.07. The molecular formula is C14H17Cl2N3. The molecule has 0 unspecified atom stereocenters. The van der Waals surface area contributed by atoms with Crippen LogP contribution in [0.3, 0.4) is 0 Å². The maximum atomic E-state index is 6.15. The van der Waals surface area contributed by atoms with Crippen LogP contribution in [0.4, 0.5) is 0 Å². The zero-order valence-corrected chi connectivity index (χ0v) is 12.4. The van der Waals surface area contributed by atoms with Gasteiger partial charge in [0.15, 0.2) is 0 Å². The van der Waals surface area contributed by atoms with Crippen molar-refractivity contribution in [2.75, 3.05) is 6.54 Å². The maximum Gasteiger partial charge on any atom is 0.0762 e. The van der Waals surface area contributed by atoms with Crippen molar-refractivity contribution in [1.29, 1.82) is 0 Å². The van der Waals surface area contributed by atoms with Gasteiger partial charge < -0.3 is 5.32 Å².